The number of nitrogens with zero attached hydrogens (tertiary/aromatic N) is 1. The van der Waals surface area contributed by atoms with E-state index in [1.165, 1.54) is 17.7 Å². The number of nitrogens with one attached hydrogen (secondary N) is 1. The Kier molecular flexibility index (Phi) is 3.08. The topological polar surface area (TPSA) is 50.4 Å². The van der Waals surface area contributed by atoms with Crippen LogP contribution in [-0.4, -0.2) is 12.0 Å². The van der Waals surface area contributed by atoms with E-state index in [-0.39, 0.29) is 0 Å². The predicted molar refractivity (Wildman–Crippen MR) is 63.5 cm³/mol. The third-order valence-electron chi connectivity index (χ3n) is 1.96. The Morgan fingerprint density at radius 2 is 2.50 bits per heavy atom. The molecule has 5 heteroatoms. The monoisotopic (exact) mass is 273 g/mol. The summed E-state index contributed by atoms with van der Waals surface area (Å²) < 4.78 is 1.11. The van der Waals surface area contributed by atoms with Gasteiger partial charge in [-0.2, -0.15) is 0 Å². The number of guanidine groups is 1. The van der Waals surface area contributed by atoms with Crippen LogP contribution in [0.5, 0.6) is 0 Å². The molecule has 2 rings (SSSR count). The van der Waals surface area contributed by atoms with Crippen LogP contribution >= 0.6 is 27.3 Å². The minimum Gasteiger partial charge on any atom is -0.370 e. The number of aliphatic imine (C=N–C) groups is 1. The zero-order valence-corrected chi connectivity index (χ0v) is 10.1. The van der Waals surface area contributed by atoms with Crippen LogP contribution in [0.25, 0.3) is 0 Å². The summed E-state index contributed by atoms with van der Waals surface area (Å²) in [5, 5.41) is 5.20. The van der Waals surface area contributed by atoms with Crippen LogP contribution in [0.1, 0.15) is 17.7 Å². The third-order valence-corrected chi connectivity index (χ3v) is 3.64. The summed E-state index contributed by atoms with van der Waals surface area (Å²) in [6.07, 6.45) is 2.45. The highest BCUT2D eigenvalue weighted by atomic mass is 79.9. The maximum absolute atomic E-state index is 5.70. The lowest BCUT2D eigenvalue weighted by molar-refractivity contribution is 0.881. The molecule has 1 aromatic rings. The summed E-state index contributed by atoms with van der Waals surface area (Å²) in [7, 11) is 0. The van der Waals surface area contributed by atoms with Gasteiger partial charge in [0.25, 0.3) is 0 Å². The van der Waals surface area contributed by atoms with Gasteiger partial charge in [-0.3, -0.25) is 0 Å². The fourth-order valence-corrected chi connectivity index (χ4v) is 2.46. The van der Waals surface area contributed by atoms with Gasteiger partial charge in [0.15, 0.2) is 5.96 Å². The van der Waals surface area contributed by atoms with Crippen molar-refractivity contribution in [1.82, 2.24) is 5.32 Å². The maximum Gasteiger partial charge on any atom is 0.189 e. The van der Waals surface area contributed by atoms with E-state index in [4.69, 9.17) is 5.73 Å². The van der Waals surface area contributed by atoms with Gasteiger partial charge in [-0.05, 0) is 34.8 Å². The Bertz CT molecular complexity index is 344. The largest absolute Gasteiger partial charge is 0.370 e. The van der Waals surface area contributed by atoms with E-state index in [1.807, 2.05) is 0 Å². The van der Waals surface area contributed by atoms with Crippen molar-refractivity contribution in [3.8, 4) is 0 Å². The molecule has 76 valence electrons. The molecule has 1 saturated carbocycles. The average Bonchev–Trinajstić information content (AvgIpc) is 2.85. The van der Waals surface area contributed by atoms with Crippen LogP contribution in [0.3, 0.4) is 0 Å². The molecule has 0 aromatic carbocycles. The third kappa shape index (κ3) is 2.99. The molecular formula is C9H12BrN3S. The zero-order valence-electron chi connectivity index (χ0n) is 7.66. The molecule has 0 amide bonds. The van der Waals surface area contributed by atoms with Crippen LogP contribution in [-0.2, 0) is 6.54 Å². The number of hydrogen-bond acceptors (Lipinski definition) is 2. The zero-order chi connectivity index (χ0) is 9.97. The smallest absolute Gasteiger partial charge is 0.189 e. The number of thiophene rings is 1. The molecule has 0 bridgehead atoms. The van der Waals surface area contributed by atoms with Gasteiger partial charge in [-0.15, -0.1) is 11.3 Å². The molecule has 0 aliphatic heterocycles. The van der Waals surface area contributed by atoms with Crippen LogP contribution in [0.15, 0.2) is 20.9 Å². The van der Waals surface area contributed by atoms with Crippen LogP contribution in [0, 0.1) is 0 Å². The average molecular weight is 274 g/mol. The summed E-state index contributed by atoms with van der Waals surface area (Å²) in [6, 6.07) is 2.65. The Balaban J connectivity index is 1.84. The van der Waals surface area contributed by atoms with Gasteiger partial charge in [-0.1, -0.05) is 0 Å². The van der Waals surface area contributed by atoms with Gasteiger partial charge in [0, 0.05) is 20.8 Å². The lowest BCUT2D eigenvalue weighted by Gasteiger charge is -2.01. The van der Waals surface area contributed by atoms with Crippen molar-refractivity contribution < 1.29 is 0 Å². The highest BCUT2D eigenvalue weighted by molar-refractivity contribution is 9.10. The molecule has 1 aromatic heterocycles. The van der Waals surface area contributed by atoms with Gasteiger partial charge in [-0.25, -0.2) is 4.99 Å². The van der Waals surface area contributed by atoms with E-state index in [2.05, 4.69) is 37.7 Å². The molecule has 0 unspecified atom stereocenters. The Morgan fingerprint density at radius 3 is 3.07 bits per heavy atom. The van der Waals surface area contributed by atoms with Gasteiger partial charge < -0.3 is 11.1 Å². The molecule has 3 nitrogen and oxygen atoms in total. The Labute approximate surface area is 95.5 Å². The van der Waals surface area contributed by atoms with Crippen molar-refractivity contribution in [2.45, 2.75) is 25.4 Å². The molecule has 1 fully saturated rings. The second-order valence-corrected chi connectivity index (χ2v) is 5.26. The van der Waals surface area contributed by atoms with E-state index in [0.29, 0.717) is 18.5 Å². The van der Waals surface area contributed by atoms with Gasteiger partial charge >= 0.3 is 0 Å². The van der Waals surface area contributed by atoms with E-state index in [0.717, 1.165) is 4.47 Å². The summed E-state index contributed by atoms with van der Waals surface area (Å²) in [4.78, 5) is 5.48. The minimum atomic E-state index is 0.567. The quantitative estimate of drug-likeness (QED) is 0.655. The highest BCUT2D eigenvalue weighted by Gasteiger charge is 2.21. The fourth-order valence-electron chi connectivity index (χ4n) is 1.08. The molecule has 14 heavy (non-hydrogen) atoms. The number of rotatable bonds is 3. The SMILES string of the molecule is NC(=NCc1cc(Br)cs1)NC1CC1. The van der Waals surface area contributed by atoms with Crippen molar-refractivity contribution in [1.29, 1.82) is 0 Å². The Morgan fingerprint density at radius 1 is 1.71 bits per heavy atom. The number of nitrogens with two attached hydrogens (primary N) is 1. The lowest BCUT2D eigenvalue weighted by Crippen LogP contribution is -2.33. The first kappa shape index (κ1) is 9.98. The molecule has 3 N–H and O–H groups in total. The van der Waals surface area contributed by atoms with Crippen LogP contribution in [0.4, 0.5) is 0 Å². The van der Waals surface area contributed by atoms with E-state index in [9.17, 15) is 0 Å². The van der Waals surface area contributed by atoms with Crippen molar-refractivity contribution in [2.24, 2.45) is 10.7 Å². The molecule has 1 heterocycles. The summed E-state index contributed by atoms with van der Waals surface area (Å²) in [6.45, 7) is 0.668. The van der Waals surface area contributed by atoms with Crippen molar-refractivity contribution in [3.05, 3.63) is 20.8 Å². The van der Waals surface area contributed by atoms with Gasteiger partial charge in [0.2, 0.25) is 0 Å². The molecule has 1 aliphatic carbocycles. The van der Waals surface area contributed by atoms with Crippen LogP contribution < -0.4 is 11.1 Å². The number of hydrogen-bond donors (Lipinski definition) is 2. The van der Waals surface area contributed by atoms with E-state index < -0.39 is 0 Å². The molecule has 1 aliphatic rings. The molecular weight excluding hydrogens is 262 g/mol. The minimum absolute atomic E-state index is 0.567. The molecule has 0 spiro atoms. The first-order chi connectivity index (χ1) is 6.74. The highest BCUT2D eigenvalue weighted by Crippen LogP contribution is 2.20. The summed E-state index contributed by atoms with van der Waals surface area (Å²) >= 11 is 5.09. The Hall–Kier alpha value is -0.550. The first-order valence-corrected chi connectivity index (χ1v) is 6.20. The number of halogens is 1. The molecule has 0 saturated heterocycles. The van der Waals surface area contributed by atoms with E-state index >= 15 is 0 Å². The second kappa shape index (κ2) is 4.31. The molecule has 0 atom stereocenters. The van der Waals surface area contributed by atoms with Gasteiger partial charge in [0.05, 0.1) is 6.54 Å². The summed E-state index contributed by atoms with van der Waals surface area (Å²) in [5.41, 5.74) is 5.70. The standard InChI is InChI=1S/C9H12BrN3S/c10-6-3-8(14-5-6)4-12-9(11)13-7-1-2-7/h3,5,7H,1-2,4H2,(H3,11,12,13). The fraction of sp³-hybridized carbons (Fsp3) is 0.444. The molecule has 0 radical (unpaired) electrons. The second-order valence-electron chi connectivity index (χ2n) is 3.35. The maximum atomic E-state index is 5.70. The summed E-state index contributed by atoms with van der Waals surface area (Å²) in [5.74, 6) is 0.567. The lowest BCUT2D eigenvalue weighted by atomic mass is 10.5. The van der Waals surface area contributed by atoms with Gasteiger partial charge in [0.1, 0.15) is 0 Å². The normalized spacial score (nSPS) is 17.1. The van der Waals surface area contributed by atoms with E-state index in [1.54, 1.807) is 11.3 Å². The van der Waals surface area contributed by atoms with Crippen LogP contribution in [0.2, 0.25) is 0 Å². The van der Waals surface area contributed by atoms with Crippen molar-refractivity contribution >= 4 is 33.2 Å². The van der Waals surface area contributed by atoms with Crippen molar-refractivity contribution in [2.75, 3.05) is 0 Å². The first-order valence-electron chi connectivity index (χ1n) is 4.53. The van der Waals surface area contributed by atoms with Crippen molar-refractivity contribution in [3.63, 3.8) is 0 Å². The predicted octanol–water partition coefficient (Wildman–Crippen LogP) is 2.08.